The number of nitrogens with two attached hydrogens (primary N) is 1. The Morgan fingerprint density at radius 3 is 2.59 bits per heavy atom. The Balaban J connectivity index is 1.67. The quantitative estimate of drug-likeness (QED) is 0.649. The number of amides is 2. The third-order valence-electron chi connectivity index (χ3n) is 5.59. The molecule has 0 bridgehead atoms. The fourth-order valence-corrected chi connectivity index (χ4v) is 4.10. The molecule has 0 radical (unpaired) electrons. The molecular formula is C25H25N3O4. The zero-order valence-corrected chi connectivity index (χ0v) is 17.9. The number of fused-ring (bicyclic) bond motifs is 1. The van der Waals surface area contributed by atoms with Crippen molar-refractivity contribution in [2.24, 2.45) is 5.73 Å². The van der Waals surface area contributed by atoms with E-state index in [1.807, 2.05) is 43.3 Å². The number of carbonyl (C=O) groups excluding carboxylic acids is 2. The van der Waals surface area contributed by atoms with Crippen molar-refractivity contribution in [3.8, 4) is 5.75 Å². The number of hydrogen-bond donors (Lipinski definition) is 1. The molecule has 0 saturated heterocycles. The Hall–Kier alpha value is -3.87. The predicted molar refractivity (Wildman–Crippen MR) is 121 cm³/mol. The van der Waals surface area contributed by atoms with Gasteiger partial charge in [-0.25, -0.2) is 0 Å². The van der Waals surface area contributed by atoms with Crippen molar-refractivity contribution in [3.05, 3.63) is 99.0 Å². The van der Waals surface area contributed by atoms with Crippen molar-refractivity contribution in [3.63, 3.8) is 0 Å². The first kappa shape index (κ1) is 21.4. The summed E-state index contributed by atoms with van der Waals surface area (Å²) in [4.78, 5) is 40.0. The van der Waals surface area contributed by atoms with Crippen molar-refractivity contribution in [1.29, 1.82) is 0 Å². The summed E-state index contributed by atoms with van der Waals surface area (Å²) in [6, 6.07) is 16.6. The first-order chi connectivity index (χ1) is 15.5. The van der Waals surface area contributed by atoms with Gasteiger partial charge in [-0.1, -0.05) is 36.4 Å². The van der Waals surface area contributed by atoms with Gasteiger partial charge in [0, 0.05) is 24.8 Å². The van der Waals surface area contributed by atoms with Crippen molar-refractivity contribution >= 4 is 11.8 Å². The molecule has 1 aliphatic heterocycles. The Bertz CT molecular complexity index is 1220. The second kappa shape index (κ2) is 9.09. The van der Waals surface area contributed by atoms with Crippen LogP contribution in [0.2, 0.25) is 0 Å². The van der Waals surface area contributed by atoms with Crippen molar-refractivity contribution < 1.29 is 14.3 Å². The van der Waals surface area contributed by atoms with E-state index in [-0.39, 0.29) is 11.5 Å². The molecule has 0 spiro atoms. The summed E-state index contributed by atoms with van der Waals surface area (Å²) in [7, 11) is 0. The van der Waals surface area contributed by atoms with Crippen LogP contribution in [0.5, 0.6) is 5.75 Å². The maximum absolute atomic E-state index is 13.1. The smallest absolute Gasteiger partial charge is 0.264 e. The van der Waals surface area contributed by atoms with E-state index >= 15 is 0 Å². The van der Waals surface area contributed by atoms with E-state index in [1.54, 1.807) is 29.3 Å². The van der Waals surface area contributed by atoms with E-state index in [0.717, 1.165) is 11.1 Å². The predicted octanol–water partition coefficient (Wildman–Crippen LogP) is 2.59. The van der Waals surface area contributed by atoms with E-state index in [0.29, 0.717) is 49.5 Å². The van der Waals surface area contributed by atoms with Gasteiger partial charge >= 0.3 is 0 Å². The van der Waals surface area contributed by atoms with Crippen LogP contribution in [0, 0.1) is 0 Å². The minimum atomic E-state index is -0.738. The number of ether oxygens (including phenoxy) is 1. The van der Waals surface area contributed by atoms with Gasteiger partial charge in [0.15, 0.2) is 0 Å². The molecule has 2 N–H and O–H groups in total. The fraction of sp³-hybridized carbons (Fsp3) is 0.240. The van der Waals surface area contributed by atoms with Gasteiger partial charge in [-0.05, 0) is 48.2 Å². The zero-order valence-electron chi connectivity index (χ0n) is 17.9. The first-order valence-corrected chi connectivity index (χ1v) is 10.6. The van der Waals surface area contributed by atoms with E-state index in [4.69, 9.17) is 10.5 Å². The standard InChI is InChI=1S/C25H25N3O4/c1-2-32-20-10-6-9-18(13-20)24(30)27-12-11-21-19(15-27)16-28(25(31)22(21)23(26)29)14-17-7-4-3-5-8-17/h3-10,13,16H,2,11-12,14-15H2,1H3,(H2,26,29). The maximum atomic E-state index is 13.1. The van der Waals surface area contributed by atoms with E-state index in [1.165, 1.54) is 4.57 Å². The average molecular weight is 431 g/mol. The summed E-state index contributed by atoms with van der Waals surface area (Å²) in [6.45, 7) is 3.41. The normalized spacial score (nSPS) is 12.8. The molecular weight excluding hydrogens is 406 g/mol. The summed E-state index contributed by atoms with van der Waals surface area (Å²) in [5, 5.41) is 0. The highest BCUT2D eigenvalue weighted by atomic mass is 16.5. The second-order valence-corrected chi connectivity index (χ2v) is 7.73. The highest BCUT2D eigenvalue weighted by Crippen LogP contribution is 2.23. The van der Waals surface area contributed by atoms with Gasteiger partial charge in [0.1, 0.15) is 11.3 Å². The number of primary amides is 1. The molecule has 0 unspecified atom stereocenters. The van der Waals surface area contributed by atoms with Crippen molar-refractivity contribution in [2.45, 2.75) is 26.4 Å². The topological polar surface area (TPSA) is 94.6 Å². The molecule has 4 rings (SSSR count). The van der Waals surface area contributed by atoms with Gasteiger partial charge in [-0.2, -0.15) is 0 Å². The number of rotatable bonds is 6. The van der Waals surface area contributed by atoms with Crippen LogP contribution in [0.3, 0.4) is 0 Å². The minimum Gasteiger partial charge on any atom is -0.494 e. The Kier molecular flexibility index (Phi) is 6.07. The van der Waals surface area contributed by atoms with E-state index in [2.05, 4.69) is 0 Å². The average Bonchev–Trinajstić information content (AvgIpc) is 2.79. The third kappa shape index (κ3) is 4.27. The van der Waals surface area contributed by atoms with Gasteiger partial charge in [-0.15, -0.1) is 0 Å². The Labute approximate surface area is 186 Å². The first-order valence-electron chi connectivity index (χ1n) is 10.6. The maximum Gasteiger partial charge on any atom is 0.264 e. The molecule has 32 heavy (non-hydrogen) atoms. The lowest BCUT2D eigenvalue weighted by molar-refractivity contribution is 0.0733. The number of pyridine rings is 1. The lowest BCUT2D eigenvalue weighted by Crippen LogP contribution is -2.40. The zero-order chi connectivity index (χ0) is 22.7. The lowest BCUT2D eigenvalue weighted by atomic mass is 9.95. The molecule has 164 valence electrons. The molecule has 0 saturated carbocycles. The van der Waals surface area contributed by atoms with Crippen LogP contribution in [-0.4, -0.2) is 34.4 Å². The molecule has 3 aromatic rings. The molecule has 2 aromatic carbocycles. The summed E-state index contributed by atoms with van der Waals surface area (Å²) in [6.07, 6.45) is 2.14. The number of benzene rings is 2. The summed E-state index contributed by atoms with van der Waals surface area (Å²) < 4.78 is 7.01. The molecule has 2 heterocycles. The van der Waals surface area contributed by atoms with Gasteiger partial charge in [0.05, 0.1) is 13.2 Å². The van der Waals surface area contributed by atoms with Crippen LogP contribution in [0.25, 0.3) is 0 Å². The van der Waals surface area contributed by atoms with Crippen LogP contribution in [0.15, 0.2) is 65.6 Å². The molecule has 1 aliphatic rings. The van der Waals surface area contributed by atoms with Gasteiger partial charge in [-0.3, -0.25) is 14.4 Å². The fourth-order valence-electron chi connectivity index (χ4n) is 4.10. The second-order valence-electron chi connectivity index (χ2n) is 7.73. The highest BCUT2D eigenvalue weighted by Gasteiger charge is 2.28. The molecule has 2 amide bonds. The molecule has 7 nitrogen and oxygen atoms in total. The number of aromatic nitrogens is 1. The third-order valence-corrected chi connectivity index (χ3v) is 5.59. The SMILES string of the molecule is CCOc1cccc(C(=O)N2CCc3c(cn(Cc4ccccc4)c(=O)c3C(N)=O)C2)c1. The molecule has 1 aromatic heterocycles. The Morgan fingerprint density at radius 2 is 1.88 bits per heavy atom. The van der Waals surface area contributed by atoms with Crippen LogP contribution in [0.4, 0.5) is 0 Å². The van der Waals surface area contributed by atoms with E-state index in [9.17, 15) is 14.4 Å². The van der Waals surface area contributed by atoms with Crippen molar-refractivity contribution in [2.75, 3.05) is 13.2 Å². The largest absolute Gasteiger partial charge is 0.494 e. The van der Waals surface area contributed by atoms with E-state index < -0.39 is 11.5 Å². The lowest BCUT2D eigenvalue weighted by Gasteiger charge is -2.30. The van der Waals surface area contributed by atoms with Crippen LogP contribution in [0.1, 0.15) is 44.3 Å². The van der Waals surface area contributed by atoms with Crippen LogP contribution in [-0.2, 0) is 19.5 Å². The van der Waals surface area contributed by atoms with Gasteiger partial charge in [0.2, 0.25) is 0 Å². The van der Waals surface area contributed by atoms with Crippen LogP contribution < -0.4 is 16.0 Å². The molecule has 0 atom stereocenters. The monoisotopic (exact) mass is 431 g/mol. The highest BCUT2D eigenvalue weighted by molar-refractivity contribution is 5.96. The number of nitrogens with zero attached hydrogens (tertiary/aromatic N) is 2. The van der Waals surface area contributed by atoms with Crippen molar-refractivity contribution in [1.82, 2.24) is 9.47 Å². The van der Waals surface area contributed by atoms with Gasteiger partial charge in [0.25, 0.3) is 17.4 Å². The molecule has 0 aliphatic carbocycles. The van der Waals surface area contributed by atoms with Gasteiger partial charge < -0.3 is 19.9 Å². The Morgan fingerprint density at radius 1 is 1.09 bits per heavy atom. The number of hydrogen-bond acceptors (Lipinski definition) is 4. The van der Waals surface area contributed by atoms with Crippen LogP contribution >= 0.6 is 0 Å². The summed E-state index contributed by atoms with van der Waals surface area (Å²) >= 11 is 0. The number of carbonyl (C=O) groups is 2. The summed E-state index contributed by atoms with van der Waals surface area (Å²) in [5.41, 5.74) is 8.07. The molecule has 0 fully saturated rings. The molecule has 7 heteroatoms. The summed E-state index contributed by atoms with van der Waals surface area (Å²) in [5.74, 6) is -0.222. The minimum absolute atomic E-state index is 0.0175.